The van der Waals surface area contributed by atoms with Gasteiger partial charge in [0, 0.05) is 5.56 Å². The Morgan fingerprint density at radius 2 is 1.75 bits per heavy atom. The van der Waals surface area contributed by atoms with Gasteiger partial charge in [-0.25, -0.2) is 4.98 Å². The minimum Gasteiger partial charge on any atom is -0.235 e. The molecule has 0 fully saturated rings. The molecule has 3 nitrogen and oxygen atoms in total. The average Bonchev–Trinajstić information content (AvgIpc) is 2.84. The number of rotatable bonds is 2. The van der Waals surface area contributed by atoms with E-state index in [0.29, 0.717) is 10.6 Å². The maximum Gasteiger partial charge on any atom is 0.225 e. The largest absolute Gasteiger partial charge is 0.235 e. The zero-order valence-corrected chi connectivity index (χ0v) is 12.3. The molecule has 0 aliphatic heterocycles. The molecule has 0 N–H and O–H groups in total. The molecular formula is C15H11NO2S2. The number of thiazole rings is 1. The Morgan fingerprint density at radius 3 is 2.40 bits per heavy atom. The van der Waals surface area contributed by atoms with Crippen molar-refractivity contribution in [3.63, 3.8) is 0 Å². The van der Waals surface area contributed by atoms with Gasteiger partial charge in [0.15, 0.2) is 0 Å². The summed E-state index contributed by atoms with van der Waals surface area (Å²) < 4.78 is 24.2. The first kappa shape index (κ1) is 13.0. The van der Waals surface area contributed by atoms with Crippen LogP contribution in [0.3, 0.4) is 0 Å². The smallest absolute Gasteiger partial charge is 0.225 e. The second-order valence-electron chi connectivity index (χ2n) is 4.42. The number of nitrogens with zero attached hydrogens (tertiary/aromatic N) is 1. The van der Waals surface area contributed by atoms with Crippen molar-refractivity contribution in [2.45, 2.75) is 6.92 Å². The molecule has 1 heterocycles. The normalized spacial score (nSPS) is 10.7. The molecule has 0 bridgehead atoms. The summed E-state index contributed by atoms with van der Waals surface area (Å²) in [7, 11) is -2.32. The van der Waals surface area contributed by atoms with Gasteiger partial charge in [0.1, 0.15) is 9.87 Å². The Balaban J connectivity index is 2.22. The first-order valence-corrected chi connectivity index (χ1v) is 7.93. The molecule has 0 aliphatic carbocycles. The summed E-state index contributed by atoms with van der Waals surface area (Å²) in [6.07, 6.45) is 0. The molecule has 3 rings (SSSR count). The summed E-state index contributed by atoms with van der Waals surface area (Å²) in [5.41, 5.74) is 2.58. The Hall–Kier alpha value is -1.98. The molecule has 0 saturated carbocycles. The van der Waals surface area contributed by atoms with Crippen LogP contribution in [-0.2, 0) is 10.3 Å². The summed E-state index contributed by atoms with van der Waals surface area (Å²) in [6, 6.07) is 15.1. The Bertz CT molecular complexity index is 865. The van der Waals surface area contributed by atoms with Gasteiger partial charge in [-0.15, -0.1) is 11.3 Å². The maximum absolute atomic E-state index is 11.6. The van der Waals surface area contributed by atoms with E-state index in [1.165, 1.54) is 11.3 Å². The summed E-state index contributed by atoms with van der Waals surface area (Å²) in [6.45, 7) is 1.97. The van der Waals surface area contributed by atoms with E-state index in [2.05, 4.69) is 4.98 Å². The zero-order valence-electron chi connectivity index (χ0n) is 10.7. The number of para-hydroxylation sites is 1. The van der Waals surface area contributed by atoms with Crippen molar-refractivity contribution in [1.29, 1.82) is 0 Å². The number of fused-ring (bicyclic) bond motifs is 1. The van der Waals surface area contributed by atoms with Crippen LogP contribution in [0, 0.1) is 6.92 Å². The SMILES string of the molecule is Cc1ccc(C(c2nc3ccccc3s2)=S(=O)=O)cc1. The fraction of sp³-hybridized carbons (Fsp3) is 0.0667. The van der Waals surface area contributed by atoms with Gasteiger partial charge in [-0.05, 0) is 19.1 Å². The number of hydrogen-bond donors (Lipinski definition) is 0. The maximum atomic E-state index is 11.6. The van der Waals surface area contributed by atoms with Crippen molar-refractivity contribution in [2.75, 3.05) is 0 Å². The lowest BCUT2D eigenvalue weighted by Gasteiger charge is -1.99. The lowest BCUT2D eigenvalue weighted by molar-refractivity contribution is 0.627. The van der Waals surface area contributed by atoms with Gasteiger partial charge in [-0.1, -0.05) is 42.0 Å². The molecule has 2 aromatic carbocycles. The molecule has 5 heteroatoms. The van der Waals surface area contributed by atoms with E-state index < -0.39 is 10.3 Å². The topological polar surface area (TPSA) is 47.0 Å². The van der Waals surface area contributed by atoms with E-state index in [9.17, 15) is 8.42 Å². The molecule has 0 unspecified atom stereocenters. The predicted molar refractivity (Wildman–Crippen MR) is 82.9 cm³/mol. The third-order valence-corrected chi connectivity index (χ3v) is 4.91. The minimum absolute atomic E-state index is 0.256. The Labute approximate surface area is 122 Å². The van der Waals surface area contributed by atoms with Crippen LogP contribution < -0.4 is 0 Å². The van der Waals surface area contributed by atoms with E-state index in [-0.39, 0.29) is 4.86 Å². The van der Waals surface area contributed by atoms with E-state index >= 15 is 0 Å². The second kappa shape index (κ2) is 5.19. The number of aromatic nitrogens is 1. The van der Waals surface area contributed by atoms with Gasteiger partial charge in [-0.3, -0.25) is 0 Å². The zero-order chi connectivity index (χ0) is 14.1. The molecule has 0 amide bonds. The van der Waals surface area contributed by atoms with Crippen molar-refractivity contribution in [3.8, 4) is 0 Å². The molecule has 3 aromatic rings. The van der Waals surface area contributed by atoms with Crippen LogP contribution >= 0.6 is 11.3 Å². The molecule has 20 heavy (non-hydrogen) atoms. The molecule has 100 valence electrons. The molecule has 1 aromatic heterocycles. The van der Waals surface area contributed by atoms with Crippen molar-refractivity contribution in [2.24, 2.45) is 0 Å². The van der Waals surface area contributed by atoms with Crippen LogP contribution in [0.1, 0.15) is 16.1 Å². The first-order valence-electron chi connectivity index (χ1n) is 6.04. The Morgan fingerprint density at radius 1 is 1.05 bits per heavy atom. The fourth-order valence-corrected chi connectivity index (χ4v) is 3.74. The average molecular weight is 301 g/mol. The lowest BCUT2D eigenvalue weighted by atomic mass is 10.1. The quantitative estimate of drug-likeness (QED) is 0.540. The molecule has 0 atom stereocenters. The second-order valence-corrected chi connectivity index (χ2v) is 6.32. The standard InChI is InChI=1S/C15H11NO2S2/c1-10-6-8-11(9-7-10)14(20(17)18)15-16-12-4-2-3-5-13(12)19-15/h2-9H,1H3. The van der Waals surface area contributed by atoms with Crippen molar-refractivity contribution >= 4 is 36.7 Å². The summed E-state index contributed by atoms with van der Waals surface area (Å²) in [5.74, 6) is 0. The van der Waals surface area contributed by atoms with E-state index in [0.717, 1.165) is 15.8 Å². The van der Waals surface area contributed by atoms with Gasteiger partial charge in [0.05, 0.1) is 10.2 Å². The summed E-state index contributed by atoms with van der Waals surface area (Å²) in [5, 5.41) is 0.531. The van der Waals surface area contributed by atoms with Crippen molar-refractivity contribution in [3.05, 3.63) is 64.7 Å². The number of aryl methyl sites for hydroxylation is 1. The monoisotopic (exact) mass is 301 g/mol. The van der Waals surface area contributed by atoms with Gasteiger partial charge >= 0.3 is 0 Å². The van der Waals surface area contributed by atoms with Crippen LogP contribution in [0.5, 0.6) is 0 Å². The Kier molecular flexibility index (Phi) is 3.38. The summed E-state index contributed by atoms with van der Waals surface area (Å²) >= 11 is 1.39. The van der Waals surface area contributed by atoms with E-state index in [4.69, 9.17) is 0 Å². The van der Waals surface area contributed by atoms with Crippen molar-refractivity contribution in [1.82, 2.24) is 4.98 Å². The summed E-state index contributed by atoms with van der Waals surface area (Å²) in [4.78, 5) is 4.68. The highest BCUT2D eigenvalue weighted by atomic mass is 32.2. The third kappa shape index (κ3) is 2.37. The van der Waals surface area contributed by atoms with Gasteiger partial charge < -0.3 is 0 Å². The molecule has 0 spiro atoms. The van der Waals surface area contributed by atoms with Crippen LogP contribution in [0.2, 0.25) is 0 Å². The van der Waals surface area contributed by atoms with Crippen LogP contribution in [0.25, 0.3) is 10.2 Å². The van der Waals surface area contributed by atoms with Crippen LogP contribution in [0.4, 0.5) is 0 Å². The highest BCUT2D eigenvalue weighted by molar-refractivity contribution is 7.74. The minimum atomic E-state index is -2.32. The number of benzene rings is 2. The predicted octanol–water partition coefficient (Wildman–Crippen LogP) is 3.05. The van der Waals surface area contributed by atoms with Gasteiger partial charge in [-0.2, -0.15) is 8.42 Å². The highest BCUT2D eigenvalue weighted by Gasteiger charge is 2.14. The van der Waals surface area contributed by atoms with Crippen molar-refractivity contribution < 1.29 is 8.42 Å². The van der Waals surface area contributed by atoms with Gasteiger partial charge in [0.25, 0.3) is 0 Å². The van der Waals surface area contributed by atoms with Gasteiger partial charge in [0.2, 0.25) is 10.3 Å². The third-order valence-electron chi connectivity index (χ3n) is 2.97. The first-order chi connectivity index (χ1) is 9.65. The lowest BCUT2D eigenvalue weighted by Crippen LogP contribution is -2.03. The van der Waals surface area contributed by atoms with Crippen LogP contribution in [-0.4, -0.2) is 18.3 Å². The molecule has 0 saturated heterocycles. The number of hydrogen-bond acceptors (Lipinski definition) is 4. The highest BCUT2D eigenvalue weighted by Crippen LogP contribution is 2.24. The van der Waals surface area contributed by atoms with E-state index in [1.54, 1.807) is 0 Å². The van der Waals surface area contributed by atoms with Crippen LogP contribution in [0.15, 0.2) is 48.5 Å². The molecule has 0 radical (unpaired) electrons. The fourth-order valence-electron chi connectivity index (χ4n) is 1.97. The molecular weight excluding hydrogens is 290 g/mol. The molecule has 0 aliphatic rings. The van der Waals surface area contributed by atoms with E-state index in [1.807, 2.05) is 55.5 Å².